The molecule has 0 radical (unpaired) electrons. The number of alkyl halides is 6. The lowest BCUT2D eigenvalue weighted by Crippen LogP contribution is -2.27. The summed E-state index contributed by atoms with van der Waals surface area (Å²) in [4.78, 5) is 21.4. The van der Waals surface area contributed by atoms with Crippen LogP contribution in [0.4, 0.5) is 26.3 Å². The molecule has 1 amide bonds. The number of nitrogens with zero attached hydrogens (tertiary/aromatic N) is 3. The minimum atomic E-state index is -5.05. The van der Waals surface area contributed by atoms with Gasteiger partial charge in [-0.1, -0.05) is 18.2 Å². The summed E-state index contributed by atoms with van der Waals surface area (Å²) in [6, 6.07) is 7.51. The highest BCUT2D eigenvalue weighted by molar-refractivity contribution is 7.90. The summed E-state index contributed by atoms with van der Waals surface area (Å²) in [6.45, 7) is 1.02. The van der Waals surface area contributed by atoms with Gasteiger partial charge in [0.25, 0.3) is 5.91 Å². The molecule has 0 N–H and O–H groups in total. The molecule has 0 unspecified atom stereocenters. The predicted octanol–water partition coefficient (Wildman–Crippen LogP) is 5.29. The molecular formula is C23H19F6N3O4S. The molecule has 0 aliphatic rings. The van der Waals surface area contributed by atoms with Crippen LogP contribution in [0, 0.1) is 6.92 Å². The molecule has 0 fully saturated rings. The first-order valence-corrected chi connectivity index (χ1v) is 12.2. The Bertz CT molecular complexity index is 1410. The molecule has 0 saturated heterocycles. The Morgan fingerprint density at radius 2 is 1.57 bits per heavy atom. The molecule has 0 bridgehead atoms. The predicted molar refractivity (Wildman–Crippen MR) is 119 cm³/mol. The van der Waals surface area contributed by atoms with Gasteiger partial charge in [-0.3, -0.25) is 4.79 Å². The number of aromatic nitrogens is 2. The molecule has 0 aliphatic carbocycles. The quantitative estimate of drug-likeness (QED) is 0.308. The Morgan fingerprint density at radius 1 is 1.00 bits per heavy atom. The van der Waals surface area contributed by atoms with E-state index in [2.05, 4.69) is 9.97 Å². The van der Waals surface area contributed by atoms with E-state index in [-0.39, 0.29) is 17.4 Å². The van der Waals surface area contributed by atoms with Gasteiger partial charge >= 0.3 is 12.4 Å². The van der Waals surface area contributed by atoms with Gasteiger partial charge < -0.3 is 9.64 Å². The Kier molecular flexibility index (Phi) is 7.54. The third-order valence-corrected chi connectivity index (χ3v) is 5.87. The van der Waals surface area contributed by atoms with Crippen molar-refractivity contribution in [3.8, 4) is 11.6 Å². The first-order valence-electron chi connectivity index (χ1n) is 10.3. The number of benzene rings is 2. The number of amides is 1. The maximum absolute atomic E-state index is 13.2. The molecule has 1 aromatic heterocycles. The SMILES string of the molecule is Cc1ccccc1Oc1nc(S(C)(=O)=O)ncc1C(=O)N(C)Cc1cc(C(F)(F)F)cc(C(F)(F)F)c1. The number of aryl methyl sites for hydroxylation is 1. The van der Waals surface area contributed by atoms with Crippen molar-refractivity contribution in [2.45, 2.75) is 31.0 Å². The number of carbonyl (C=O) groups excluding carboxylic acids is 1. The number of hydrogen-bond acceptors (Lipinski definition) is 6. The van der Waals surface area contributed by atoms with Gasteiger partial charge in [0.2, 0.25) is 20.9 Å². The van der Waals surface area contributed by atoms with Crippen LogP contribution in [-0.2, 0) is 28.7 Å². The molecule has 3 rings (SSSR count). The Balaban J connectivity index is 2.01. The zero-order valence-electron chi connectivity index (χ0n) is 19.5. The van der Waals surface area contributed by atoms with Crippen molar-refractivity contribution in [2.24, 2.45) is 0 Å². The average molecular weight is 547 g/mol. The molecule has 3 aromatic rings. The van der Waals surface area contributed by atoms with Gasteiger partial charge in [-0.15, -0.1) is 0 Å². The number of carbonyl (C=O) groups is 1. The van der Waals surface area contributed by atoms with Gasteiger partial charge in [0.15, 0.2) is 0 Å². The van der Waals surface area contributed by atoms with E-state index in [0.29, 0.717) is 17.7 Å². The molecule has 1 heterocycles. The number of rotatable bonds is 6. The van der Waals surface area contributed by atoms with E-state index < -0.39 is 62.4 Å². The fourth-order valence-electron chi connectivity index (χ4n) is 3.19. The Labute approximate surface area is 207 Å². The third-order valence-electron chi connectivity index (χ3n) is 5.01. The van der Waals surface area contributed by atoms with Crippen LogP contribution in [0.3, 0.4) is 0 Å². The fourth-order valence-corrected chi connectivity index (χ4v) is 3.68. The van der Waals surface area contributed by atoms with Crippen molar-refractivity contribution in [2.75, 3.05) is 13.3 Å². The second-order valence-electron chi connectivity index (χ2n) is 8.09. The van der Waals surface area contributed by atoms with Gasteiger partial charge in [-0.05, 0) is 42.3 Å². The van der Waals surface area contributed by atoms with E-state index in [1.54, 1.807) is 25.1 Å². The maximum atomic E-state index is 13.2. The minimum Gasteiger partial charge on any atom is -0.438 e. The minimum absolute atomic E-state index is 0.0167. The Hall–Kier alpha value is -3.68. The lowest BCUT2D eigenvalue weighted by Gasteiger charge is -2.21. The van der Waals surface area contributed by atoms with Crippen LogP contribution in [0.25, 0.3) is 0 Å². The van der Waals surface area contributed by atoms with Crippen LogP contribution in [0.1, 0.15) is 32.6 Å². The van der Waals surface area contributed by atoms with Gasteiger partial charge in [-0.25, -0.2) is 13.4 Å². The molecular weight excluding hydrogens is 528 g/mol. The zero-order chi connectivity index (χ0) is 27.8. The number of para-hydroxylation sites is 1. The molecule has 198 valence electrons. The molecule has 0 saturated carbocycles. The number of ether oxygens (including phenoxy) is 1. The summed E-state index contributed by atoms with van der Waals surface area (Å²) in [6.07, 6.45) is -8.41. The van der Waals surface area contributed by atoms with Crippen molar-refractivity contribution in [3.63, 3.8) is 0 Å². The van der Waals surface area contributed by atoms with E-state index in [9.17, 15) is 39.6 Å². The molecule has 37 heavy (non-hydrogen) atoms. The summed E-state index contributed by atoms with van der Waals surface area (Å²) in [5.74, 6) is -1.17. The number of hydrogen-bond donors (Lipinski definition) is 0. The van der Waals surface area contributed by atoms with Gasteiger partial charge in [0, 0.05) is 26.0 Å². The van der Waals surface area contributed by atoms with Crippen molar-refractivity contribution >= 4 is 15.7 Å². The fraction of sp³-hybridized carbons (Fsp3) is 0.261. The molecule has 0 spiro atoms. The summed E-state index contributed by atoms with van der Waals surface area (Å²) in [5.41, 5.74) is -3.24. The molecule has 2 aromatic carbocycles. The standard InChI is InChI=1S/C23H19F6N3O4S/c1-13-6-4-5-7-18(13)36-19-17(11-30-21(31-19)37(3,34)35)20(33)32(2)12-14-8-15(22(24,25)26)10-16(9-14)23(27,28)29/h4-11H,12H2,1-3H3. The molecule has 14 heteroatoms. The molecule has 0 atom stereocenters. The normalized spacial score (nSPS) is 12.4. The van der Waals surface area contributed by atoms with E-state index in [4.69, 9.17) is 4.74 Å². The zero-order valence-corrected chi connectivity index (χ0v) is 20.3. The third kappa shape index (κ3) is 6.76. The van der Waals surface area contributed by atoms with Crippen LogP contribution < -0.4 is 4.74 Å². The number of halogens is 6. The first kappa shape index (κ1) is 27.9. The van der Waals surface area contributed by atoms with E-state index in [1.807, 2.05) is 0 Å². The monoisotopic (exact) mass is 547 g/mol. The second-order valence-corrected chi connectivity index (χ2v) is 10.00. The molecule has 7 nitrogen and oxygen atoms in total. The topological polar surface area (TPSA) is 89.5 Å². The van der Waals surface area contributed by atoms with Crippen LogP contribution in [0.15, 0.2) is 53.8 Å². The lowest BCUT2D eigenvalue weighted by atomic mass is 10.0. The van der Waals surface area contributed by atoms with Gasteiger partial charge in [0.1, 0.15) is 11.3 Å². The summed E-state index contributed by atoms with van der Waals surface area (Å²) >= 11 is 0. The smallest absolute Gasteiger partial charge is 0.416 e. The average Bonchev–Trinajstić information content (AvgIpc) is 2.78. The summed E-state index contributed by atoms with van der Waals surface area (Å²) in [7, 11) is -2.78. The maximum Gasteiger partial charge on any atom is 0.416 e. The van der Waals surface area contributed by atoms with Crippen LogP contribution in [-0.4, -0.2) is 42.5 Å². The first-order chi connectivity index (χ1) is 17.0. The van der Waals surface area contributed by atoms with Crippen LogP contribution >= 0.6 is 0 Å². The Morgan fingerprint density at radius 3 is 2.08 bits per heavy atom. The van der Waals surface area contributed by atoms with E-state index in [0.717, 1.165) is 24.4 Å². The lowest BCUT2D eigenvalue weighted by molar-refractivity contribution is -0.143. The van der Waals surface area contributed by atoms with Gasteiger partial charge in [0.05, 0.1) is 11.1 Å². The van der Waals surface area contributed by atoms with Gasteiger partial charge in [-0.2, -0.15) is 31.3 Å². The summed E-state index contributed by atoms with van der Waals surface area (Å²) in [5, 5.41) is -0.650. The highest BCUT2D eigenvalue weighted by Crippen LogP contribution is 2.36. The van der Waals surface area contributed by atoms with Crippen molar-refractivity contribution in [3.05, 3.63) is 76.5 Å². The van der Waals surface area contributed by atoms with Crippen molar-refractivity contribution in [1.29, 1.82) is 0 Å². The number of sulfone groups is 1. The van der Waals surface area contributed by atoms with E-state index >= 15 is 0 Å². The largest absolute Gasteiger partial charge is 0.438 e. The summed E-state index contributed by atoms with van der Waals surface area (Å²) < 4.78 is 109. The van der Waals surface area contributed by atoms with Crippen LogP contribution in [0.5, 0.6) is 11.6 Å². The van der Waals surface area contributed by atoms with Crippen LogP contribution in [0.2, 0.25) is 0 Å². The second kappa shape index (κ2) is 10.00. The van der Waals surface area contributed by atoms with Crippen molar-refractivity contribution in [1.82, 2.24) is 14.9 Å². The van der Waals surface area contributed by atoms with E-state index in [1.165, 1.54) is 6.07 Å². The van der Waals surface area contributed by atoms with Crippen molar-refractivity contribution < 1.29 is 44.3 Å². The molecule has 0 aliphatic heterocycles. The highest BCUT2D eigenvalue weighted by Gasteiger charge is 2.37. The highest BCUT2D eigenvalue weighted by atomic mass is 32.2.